The number of piperidine rings is 1. The first-order valence-corrected chi connectivity index (χ1v) is 3.73. The van der Waals surface area contributed by atoms with Gasteiger partial charge in [-0.15, -0.1) is 0 Å². The van der Waals surface area contributed by atoms with Gasteiger partial charge < -0.3 is 9.92 Å². The normalized spacial score (nSPS) is 30.2. The van der Waals surface area contributed by atoms with Gasteiger partial charge >= 0.3 is 0 Å². The standard InChI is InChI=1S/C6H14BNO/c1-7-8-4-2-3-6(9)5-8/h6-7,9H,2-5H2,1H3. The van der Waals surface area contributed by atoms with Crippen LogP contribution in [0.4, 0.5) is 0 Å². The Morgan fingerprint density at radius 1 is 1.67 bits per heavy atom. The Hall–Kier alpha value is -0.0151. The minimum absolute atomic E-state index is 0.0568. The van der Waals surface area contributed by atoms with Crippen molar-refractivity contribution in [3.63, 3.8) is 0 Å². The van der Waals surface area contributed by atoms with Gasteiger partial charge in [0.1, 0.15) is 0 Å². The molecule has 52 valence electrons. The quantitative estimate of drug-likeness (QED) is 0.495. The molecule has 9 heavy (non-hydrogen) atoms. The number of aliphatic hydroxyl groups excluding tert-OH is 1. The highest BCUT2D eigenvalue weighted by Crippen LogP contribution is 2.07. The molecule has 0 aromatic heterocycles. The molecule has 3 heteroatoms. The van der Waals surface area contributed by atoms with Crippen molar-refractivity contribution >= 4 is 7.41 Å². The summed E-state index contributed by atoms with van der Waals surface area (Å²) in [5, 5.41) is 9.17. The average Bonchev–Trinajstić information content (AvgIpc) is 1.88. The summed E-state index contributed by atoms with van der Waals surface area (Å²) in [6.07, 6.45) is 2.10. The van der Waals surface area contributed by atoms with Crippen molar-refractivity contribution in [2.24, 2.45) is 0 Å². The predicted octanol–water partition coefficient (Wildman–Crippen LogP) is -0.157. The molecule has 1 N–H and O–H groups in total. The number of aliphatic hydroxyl groups is 1. The van der Waals surface area contributed by atoms with Crippen molar-refractivity contribution in [2.45, 2.75) is 25.8 Å². The van der Waals surface area contributed by atoms with E-state index in [2.05, 4.69) is 11.6 Å². The molecule has 0 aromatic carbocycles. The minimum atomic E-state index is -0.0568. The molecule has 0 aliphatic carbocycles. The maximum atomic E-state index is 9.17. The third kappa shape index (κ3) is 1.99. The summed E-state index contributed by atoms with van der Waals surface area (Å²) >= 11 is 0. The molecule has 0 spiro atoms. The molecule has 2 nitrogen and oxygen atoms in total. The van der Waals surface area contributed by atoms with E-state index in [0.29, 0.717) is 0 Å². The van der Waals surface area contributed by atoms with Crippen LogP contribution < -0.4 is 0 Å². The van der Waals surface area contributed by atoms with Crippen LogP contribution in [0, 0.1) is 0 Å². The summed E-state index contributed by atoms with van der Waals surface area (Å²) in [6.45, 7) is 4.20. The second-order valence-corrected chi connectivity index (χ2v) is 2.69. The number of rotatable bonds is 1. The number of hydrogen-bond donors (Lipinski definition) is 1. The average molecular weight is 127 g/mol. The Labute approximate surface area is 57.1 Å². The van der Waals surface area contributed by atoms with Crippen LogP contribution in [0.5, 0.6) is 0 Å². The van der Waals surface area contributed by atoms with Crippen LogP contribution in [0.2, 0.25) is 6.82 Å². The summed E-state index contributed by atoms with van der Waals surface area (Å²) in [6, 6.07) is 0. The molecule has 0 saturated carbocycles. The van der Waals surface area contributed by atoms with Gasteiger partial charge in [0.15, 0.2) is 0 Å². The van der Waals surface area contributed by atoms with Crippen LogP contribution >= 0.6 is 0 Å². The van der Waals surface area contributed by atoms with E-state index in [1.807, 2.05) is 0 Å². The lowest BCUT2D eigenvalue weighted by Crippen LogP contribution is -2.39. The molecule has 1 rings (SSSR count). The van der Waals surface area contributed by atoms with Gasteiger partial charge in [0.25, 0.3) is 0 Å². The van der Waals surface area contributed by atoms with Gasteiger partial charge in [0.2, 0.25) is 7.41 Å². The molecule has 1 unspecified atom stereocenters. The zero-order valence-electron chi connectivity index (χ0n) is 6.01. The topological polar surface area (TPSA) is 23.5 Å². The van der Waals surface area contributed by atoms with Crippen LogP contribution in [0.1, 0.15) is 12.8 Å². The molecule has 0 aromatic rings. The monoisotopic (exact) mass is 127 g/mol. The largest absolute Gasteiger partial charge is 0.392 e. The van der Waals surface area contributed by atoms with Crippen molar-refractivity contribution in [2.75, 3.05) is 13.1 Å². The van der Waals surface area contributed by atoms with Crippen LogP contribution in [-0.4, -0.2) is 36.5 Å². The van der Waals surface area contributed by atoms with Crippen LogP contribution in [0.3, 0.4) is 0 Å². The molecule has 1 atom stereocenters. The highest BCUT2D eigenvalue weighted by molar-refractivity contribution is 6.29. The second-order valence-electron chi connectivity index (χ2n) is 2.69. The van der Waals surface area contributed by atoms with Crippen LogP contribution in [0.15, 0.2) is 0 Å². The Morgan fingerprint density at radius 3 is 2.89 bits per heavy atom. The first kappa shape index (κ1) is 7.10. The zero-order valence-corrected chi connectivity index (χ0v) is 6.01. The molecule has 0 amide bonds. The maximum Gasteiger partial charge on any atom is 0.201 e. The molecule has 0 radical (unpaired) electrons. The molecule has 1 aliphatic heterocycles. The van der Waals surface area contributed by atoms with E-state index in [-0.39, 0.29) is 6.10 Å². The lowest BCUT2D eigenvalue weighted by atomic mass is 9.91. The van der Waals surface area contributed by atoms with Crippen LogP contribution in [-0.2, 0) is 0 Å². The molecule has 1 heterocycles. The highest BCUT2D eigenvalue weighted by Gasteiger charge is 2.15. The van der Waals surface area contributed by atoms with Gasteiger partial charge in [-0.05, 0) is 19.4 Å². The Bertz CT molecular complexity index is 89.1. The summed E-state index contributed by atoms with van der Waals surface area (Å²) in [7, 11) is 1.08. The number of hydrogen-bond acceptors (Lipinski definition) is 2. The number of β-amino-alcohol motifs (C(OH)–C–C–N with tert-alkyl or cyclic N) is 1. The van der Waals surface area contributed by atoms with Gasteiger partial charge in [-0.1, -0.05) is 6.82 Å². The summed E-state index contributed by atoms with van der Waals surface area (Å²) < 4.78 is 0. The molecule has 1 saturated heterocycles. The fourth-order valence-electron chi connectivity index (χ4n) is 1.32. The molecule has 1 aliphatic rings. The number of nitrogens with zero attached hydrogens (tertiary/aromatic N) is 1. The maximum absolute atomic E-state index is 9.17. The smallest absolute Gasteiger partial charge is 0.201 e. The van der Waals surface area contributed by atoms with Gasteiger partial charge in [0, 0.05) is 6.54 Å². The fraction of sp³-hybridized carbons (Fsp3) is 1.00. The van der Waals surface area contributed by atoms with Crippen molar-refractivity contribution in [1.29, 1.82) is 0 Å². The van der Waals surface area contributed by atoms with Crippen molar-refractivity contribution in [3.05, 3.63) is 0 Å². The fourth-order valence-corrected chi connectivity index (χ4v) is 1.32. The second kappa shape index (κ2) is 3.23. The minimum Gasteiger partial charge on any atom is -0.392 e. The first-order valence-electron chi connectivity index (χ1n) is 3.73. The van der Waals surface area contributed by atoms with E-state index in [9.17, 15) is 0 Å². The molecule has 0 bridgehead atoms. The lowest BCUT2D eigenvalue weighted by Gasteiger charge is -2.28. The van der Waals surface area contributed by atoms with Crippen molar-refractivity contribution < 1.29 is 5.11 Å². The summed E-state index contributed by atoms with van der Waals surface area (Å²) in [5.74, 6) is 0. The molecule has 1 fully saturated rings. The van der Waals surface area contributed by atoms with E-state index >= 15 is 0 Å². The zero-order chi connectivity index (χ0) is 6.69. The van der Waals surface area contributed by atoms with Gasteiger partial charge in [-0.2, -0.15) is 0 Å². The lowest BCUT2D eigenvalue weighted by molar-refractivity contribution is 0.108. The van der Waals surface area contributed by atoms with E-state index in [0.717, 1.165) is 26.8 Å². The molecular formula is C6H14BNO. The van der Waals surface area contributed by atoms with E-state index in [1.54, 1.807) is 0 Å². The third-order valence-electron chi connectivity index (χ3n) is 1.93. The Morgan fingerprint density at radius 2 is 2.44 bits per heavy atom. The summed E-state index contributed by atoms with van der Waals surface area (Å²) in [4.78, 5) is 2.29. The van der Waals surface area contributed by atoms with Crippen LogP contribution in [0.25, 0.3) is 0 Å². The van der Waals surface area contributed by atoms with E-state index in [1.165, 1.54) is 6.54 Å². The Kier molecular flexibility index (Phi) is 2.55. The van der Waals surface area contributed by atoms with E-state index < -0.39 is 0 Å². The van der Waals surface area contributed by atoms with Gasteiger partial charge in [-0.25, -0.2) is 0 Å². The summed E-state index contributed by atoms with van der Waals surface area (Å²) in [5.41, 5.74) is 0. The highest BCUT2D eigenvalue weighted by atomic mass is 16.3. The van der Waals surface area contributed by atoms with E-state index in [4.69, 9.17) is 5.11 Å². The third-order valence-corrected chi connectivity index (χ3v) is 1.93. The molecular weight excluding hydrogens is 113 g/mol. The predicted molar refractivity (Wildman–Crippen MR) is 39.8 cm³/mol. The Balaban J connectivity index is 2.23. The van der Waals surface area contributed by atoms with Crippen molar-refractivity contribution in [1.82, 2.24) is 4.81 Å². The van der Waals surface area contributed by atoms with Crippen molar-refractivity contribution in [3.8, 4) is 0 Å². The van der Waals surface area contributed by atoms with Gasteiger partial charge in [0.05, 0.1) is 6.10 Å². The SMILES string of the molecule is CBN1CCCC(O)C1. The van der Waals surface area contributed by atoms with Gasteiger partial charge in [-0.3, -0.25) is 0 Å². The first-order chi connectivity index (χ1) is 4.33.